The van der Waals surface area contributed by atoms with E-state index in [0.717, 1.165) is 6.07 Å². The van der Waals surface area contributed by atoms with Gasteiger partial charge in [-0.25, -0.2) is 8.78 Å². The molecule has 0 heterocycles. The molecule has 0 atom stereocenters. The monoisotopic (exact) mass is 258 g/mol. The molecule has 0 unspecified atom stereocenters. The first-order valence-electron chi connectivity index (χ1n) is 3.10. The minimum Gasteiger partial charge on any atom is -0.432 e. The van der Waals surface area contributed by atoms with Gasteiger partial charge in [0.15, 0.2) is 11.6 Å². The van der Waals surface area contributed by atoms with E-state index in [9.17, 15) is 17.6 Å². The lowest BCUT2D eigenvalue weighted by atomic mass is 10.3. The molecule has 0 radical (unpaired) electrons. The second-order valence-corrected chi connectivity index (χ2v) is 2.93. The molecule has 6 heteroatoms. The molecule has 0 saturated heterocycles. The average Bonchev–Trinajstić information content (AvgIpc) is 1.99. The quantitative estimate of drug-likeness (QED) is 0.584. The lowest BCUT2D eigenvalue weighted by Crippen LogP contribution is -2.04. The second-order valence-electron chi connectivity index (χ2n) is 2.08. The molecule has 0 spiro atoms. The second kappa shape index (κ2) is 3.95. The summed E-state index contributed by atoms with van der Waals surface area (Å²) in [4.78, 5) is 0. The van der Waals surface area contributed by atoms with Gasteiger partial charge in [-0.3, -0.25) is 0 Å². The zero-order chi connectivity index (χ0) is 10.0. The topological polar surface area (TPSA) is 9.23 Å². The maximum Gasteiger partial charge on any atom is 0.387 e. The summed E-state index contributed by atoms with van der Waals surface area (Å²) in [7, 11) is 0. The van der Waals surface area contributed by atoms with Gasteiger partial charge in [-0.05, 0) is 15.9 Å². The Morgan fingerprint density at radius 3 is 2.31 bits per heavy atom. The van der Waals surface area contributed by atoms with Crippen molar-refractivity contribution in [2.75, 3.05) is 0 Å². The molecular weight excluding hydrogens is 256 g/mol. The zero-order valence-electron chi connectivity index (χ0n) is 6.03. The van der Waals surface area contributed by atoms with Crippen LogP contribution in [-0.4, -0.2) is 6.61 Å². The van der Waals surface area contributed by atoms with E-state index in [1.165, 1.54) is 0 Å². The standard InChI is InChI=1S/C7H3BrF4O/c8-3-1-6(13-7(11)12)5(10)2-4(3)9/h1-2,7H. The Balaban J connectivity index is 3.01. The van der Waals surface area contributed by atoms with Crippen LogP contribution in [0.2, 0.25) is 0 Å². The van der Waals surface area contributed by atoms with Gasteiger partial charge in [-0.2, -0.15) is 8.78 Å². The number of alkyl halides is 2. The highest BCUT2D eigenvalue weighted by Gasteiger charge is 2.12. The van der Waals surface area contributed by atoms with E-state index in [0.29, 0.717) is 6.07 Å². The van der Waals surface area contributed by atoms with Crippen molar-refractivity contribution >= 4 is 15.9 Å². The lowest BCUT2D eigenvalue weighted by molar-refractivity contribution is -0.0523. The van der Waals surface area contributed by atoms with Gasteiger partial charge in [0.2, 0.25) is 0 Å². The molecular formula is C7H3BrF4O. The summed E-state index contributed by atoms with van der Waals surface area (Å²) in [6.45, 7) is -3.13. The van der Waals surface area contributed by atoms with Crippen LogP contribution in [0.15, 0.2) is 16.6 Å². The number of hydrogen-bond donors (Lipinski definition) is 0. The van der Waals surface area contributed by atoms with Gasteiger partial charge < -0.3 is 4.74 Å². The summed E-state index contributed by atoms with van der Waals surface area (Å²) in [5, 5.41) is 0. The Morgan fingerprint density at radius 2 is 1.77 bits per heavy atom. The number of benzene rings is 1. The van der Waals surface area contributed by atoms with E-state index < -0.39 is 24.0 Å². The number of ether oxygens (including phenoxy) is 1. The van der Waals surface area contributed by atoms with E-state index in [1.54, 1.807) is 0 Å². The summed E-state index contributed by atoms with van der Waals surface area (Å²) in [6.07, 6.45) is 0. The van der Waals surface area contributed by atoms with Crippen LogP contribution in [0, 0.1) is 11.6 Å². The van der Waals surface area contributed by atoms with Crippen LogP contribution in [-0.2, 0) is 0 Å². The molecule has 0 aliphatic rings. The smallest absolute Gasteiger partial charge is 0.387 e. The SMILES string of the molecule is Fc1cc(F)c(OC(F)F)cc1Br. The highest BCUT2D eigenvalue weighted by molar-refractivity contribution is 9.10. The van der Waals surface area contributed by atoms with Crippen molar-refractivity contribution in [2.45, 2.75) is 6.61 Å². The van der Waals surface area contributed by atoms with Crippen molar-refractivity contribution in [3.63, 3.8) is 0 Å². The van der Waals surface area contributed by atoms with Crippen LogP contribution >= 0.6 is 15.9 Å². The molecule has 0 aliphatic heterocycles. The van der Waals surface area contributed by atoms with E-state index in [4.69, 9.17) is 0 Å². The van der Waals surface area contributed by atoms with E-state index in [1.807, 2.05) is 0 Å². The molecule has 0 aliphatic carbocycles. The van der Waals surface area contributed by atoms with Gasteiger partial charge in [0, 0.05) is 12.1 Å². The van der Waals surface area contributed by atoms with E-state index in [2.05, 4.69) is 20.7 Å². The average molecular weight is 259 g/mol. The normalized spacial score (nSPS) is 10.6. The molecule has 1 aromatic carbocycles. The Hall–Kier alpha value is -0.780. The minimum atomic E-state index is -3.13. The maximum atomic E-state index is 12.7. The Labute approximate surface area is 79.4 Å². The van der Waals surface area contributed by atoms with E-state index in [-0.39, 0.29) is 4.47 Å². The van der Waals surface area contributed by atoms with Crippen molar-refractivity contribution in [2.24, 2.45) is 0 Å². The summed E-state index contributed by atoms with van der Waals surface area (Å²) in [5.41, 5.74) is 0. The predicted molar refractivity (Wildman–Crippen MR) is 40.7 cm³/mol. The summed E-state index contributed by atoms with van der Waals surface area (Å²) < 4.78 is 52.1. The van der Waals surface area contributed by atoms with Gasteiger partial charge in [0.25, 0.3) is 0 Å². The largest absolute Gasteiger partial charge is 0.432 e. The van der Waals surface area contributed by atoms with Crippen LogP contribution in [0.3, 0.4) is 0 Å². The Morgan fingerprint density at radius 1 is 1.15 bits per heavy atom. The lowest BCUT2D eigenvalue weighted by Gasteiger charge is -2.05. The highest BCUT2D eigenvalue weighted by atomic mass is 79.9. The summed E-state index contributed by atoms with van der Waals surface area (Å²) in [6, 6.07) is 1.26. The van der Waals surface area contributed by atoms with Crippen LogP contribution in [0.1, 0.15) is 0 Å². The number of halogens is 5. The van der Waals surface area contributed by atoms with Crippen molar-refractivity contribution < 1.29 is 22.3 Å². The number of hydrogen-bond acceptors (Lipinski definition) is 1. The third kappa shape index (κ3) is 2.58. The van der Waals surface area contributed by atoms with E-state index >= 15 is 0 Å². The van der Waals surface area contributed by atoms with Crippen LogP contribution in [0.25, 0.3) is 0 Å². The summed E-state index contributed by atoms with van der Waals surface area (Å²) in [5.74, 6) is -2.73. The van der Waals surface area contributed by atoms with Crippen LogP contribution < -0.4 is 4.74 Å². The van der Waals surface area contributed by atoms with Gasteiger partial charge in [0.1, 0.15) is 5.82 Å². The fourth-order valence-corrected chi connectivity index (χ4v) is 1.01. The molecule has 1 aromatic rings. The first-order chi connectivity index (χ1) is 6.00. The molecule has 0 fully saturated rings. The fraction of sp³-hybridized carbons (Fsp3) is 0.143. The summed E-state index contributed by atoms with van der Waals surface area (Å²) >= 11 is 2.70. The molecule has 0 aromatic heterocycles. The van der Waals surface area contributed by atoms with Gasteiger partial charge in [-0.1, -0.05) is 0 Å². The van der Waals surface area contributed by atoms with Crippen molar-refractivity contribution in [1.29, 1.82) is 0 Å². The molecule has 72 valence electrons. The first kappa shape index (κ1) is 10.3. The first-order valence-corrected chi connectivity index (χ1v) is 3.89. The molecule has 0 saturated carbocycles. The molecule has 1 rings (SSSR count). The predicted octanol–water partition coefficient (Wildman–Crippen LogP) is 3.33. The van der Waals surface area contributed by atoms with Gasteiger partial charge >= 0.3 is 6.61 Å². The fourth-order valence-electron chi connectivity index (χ4n) is 0.691. The molecule has 13 heavy (non-hydrogen) atoms. The molecule has 0 amide bonds. The Bertz CT molecular complexity index is 316. The van der Waals surface area contributed by atoms with Crippen LogP contribution in [0.5, 0.6) is 5.75 Å². The Kier molecular flexibility index (Phi) is 3.13. The van der Waals surface area contributed by atoms with Crippen molar-refractivity contribution in [3.8, 4) is 5.75 Å². The van der Waals surface area contributed by atoms with Gasteiger partial charge in [-0.15, -0.1) is 0 Å². The molecule has 0 N–H and O–H groups in total. The minimum absolute atomic E-state index is 0.135. The maximum absolute atomic E-state index is 12.7. The van der Waals surface area contributed by atoms with Crippen LogP contribution in [0.4, 0.5) is 17.6 Å². The van der Waals surface area contributed by atoms with Crippen molar-refractivity contribution in [1.82, 2.24) is 0 Å². The highest BCUT2D eigenvalue weighted by Crippen LogP contribution is 2.26. The van der Waals surface area contributed by atoms with Crippen molar-refractivity contribution in [3.05, 3.63) is 28.2 Å². The zero-order valence-corrected chi connectivity index (χ0v) is 7.62. The molecule has 1 nitrogen and oxygen atoms in total. The number of rotatable bonds is 2. The molecule has 0 bridgehead atoms. The van der Waals surface area contributed by atoms with Gasteiger partial charge in [0.05, 0.1) is 4.47 Å². The third-order valence-corrected chi connectivity index (χ3v) is 1.80. The third-order valence-electron chi connectivity index (χ3n) is 1.19.